The molecule has 2 heterocycles. The van der Waals surface area contributed by atoms with Crippen molar-refractivity contribution < 1.29 is 0 Å². The maximum absolute atomic E-state index is 11.2. The van der Waals surface area contributed by atoms with Crippen LogP contribution in [0.15, 0.2) is 29.3 Å². The van der Waals surface area contributed by atoms with Crippen LogP contribution >= 0.6 is 0 Å². The molecule has 0 bridgehead atoms. The van der Waals surface area contributed by atoms with Gasteiger partial charge in [0, 0.05) is 24.5 Å². The van der Waals surface area contributed by atoms with Gasteiger partial charge in [-0.3, -0.25) is 4.79 Å². The second kappa shape index (κ2) is 2.34. The molecule has 0 amide bonds. The van der Waals surface area contributed by atoms with Gasteiger partial charge in [0.2, 0.25) is 0 Å². The Kier molecular flexibility index (Phi) is 1.33. The Morgan fingerprint density at radius 2 is 2.33 bits per heavy atom. The lowest BCUT2D eigenvalue weighted by atomic mass is 10.2. The van der Waals surface area contributed by atoms with Gasteiger partial charge in [0.25, 0.3) is 0 Å². The van der Waals surface area contributed by atoms with Crippen LogP contribution in [-0.2, 0) is 0 Å². The third-order valence-electron chi connectivity index (χ3n) is 1.66. The summed E-state index contributed by atoms with van der Waals surface area (Å²) in [5, 5.41) is 0.562. The molecule has 0 aliphatic heterocycles. The maximum atomic E-state index is 11.2. The average molecular weight is 161 g/mol. The highest BCUT2D eigenvalue weighted by Crippen LogP contribution is 2.06. The SMILES string of the molecule is Nc1cc2[nH]ccc(=O)c2cn1. The Balaban J connectivity index is 2.96. The minimum atomic E-state index is -0.0451. The number of H-pyrrole nitrogens is 1. The summed E-state index contributed by atoms with van der Waals surface area (Å²) in [6.07, 6.45) is 3.06. The molecule has 0 aromatic carbocycles. The molecule has 0 fully saturated rings. The lowest BCUT2D eigenvalue weighted by molar-refractivity contribution is 1.32. The minimum Gasteiger partial charge on any atom is -0.384 e. The standard InChI is InChI=1S/C8H7N3O/c9-8-3-6-5(4-11-8)7(12)1-2-10-6/h1-4H,(H2,9,11)(H,10,12). The molecule has 0 aliphatic carbocycles. The third kappa shape index (κ3) is 0.934. The molecule has 0 atom stereocenters. The summed E-state index contributed by atoms with van der Waals surface area (Å²) in [5.74, 6) is 0.407. The van der Waals surface area contributed by atoms with Gasteiger partial charge in [0.1, 0.15) is 5.82 Å². The lowest BCUT2D eigenvalue weighted by Crippen LogP contribution is -2.01. The highest BCUT2D eigenvalue weighted by Gasteiger charge is 1.97. The summed E-state index contributed by atoms with van der Waals surface area (Å²) in [6.45, 7) is 0. The van der Waals surface area contributed by atoms with Crippen LogP contribution in [0.4, 0.5) is 5.82 Å². The van der Waals surface area contributed by atoms with Crippen molar-refractivity contribution in [3.05, 3.63) is 34.7 Å². The first-order valence-electron chi connectivity index (χ1n) is 3.50. The molecule has 12 heavy (non-hydrogen) atoms. The molecule has 4 heteroatoms. The Morgan fingerprint density at radius 3 is 3.17 bits per heavy atom. The van der Waals surface area contributed by atoms with Crippen LogP contribution in [0.3, 0.4) is 0 Å². The van der Waals surface area contributed by atoms with Gasteiger partial charge >= 0.3 is 0 Å². The van der Waals surface area contributed by atoms with Crippen molar-refractivity contribution in [3.63, 3.8) is 0 Å². The van der Waals surface area contributed by atoms with Crippen LogP contribution in [0.2, 0.25) is 0 Å². The molecule has 0 spiro atoms. The third-order valence-corrected chi connectivity index (χ3v) is 1.66. The zero-order valence-corrected chi connectivity index (χ0v) is 6.24. The Morgan fingerprint density at radius 1 is 1.50 bits per heavy atom. The van der Waals surface area contributed by atoms with Gasteiger partial charge in [-0.2, -0.15) is 0 Å². The molecule has 2 rings (SSSR count). The Hall–Kier alpha value is -1.84. The summed E-state index contributed by atoms with van der Waals surface area (Å²) < 4.78 is 0. The molecule has 0 saturated heterocycles. The maximum Gasteiger partial charge on any atom is 0.190 e. The number of aromatic amines is 1. The summed E-state index contributed by atoms with van der Waals surface area (Å²) in [5.41, 5.74) is 6.11. The first-order valence-corrected chi connectivity index (χ1v) is 3.50. The summed E-state index contributed by atoms with van der Waals surface area (Å²) in [4.78, 5) is 17.9. The fourth-order valence-corrected chi connectivity index (χ4v) is 1.08. The van der Waals surface area contributed by atoms with E-state index >= 15 is 0 Å². The van der Waals surface area contributed by atoms with E-state index < -0.39 is 0 Å². The zero-order chi connectivity index (χ0) is 8.55. The monoisotopic (exact) mass is 161 g/mol. The molecule has 60 valence electrons. The predicted molar refractivity (Wildman–Crippen MR) is 46.8 cm³/mol. The highest BCUT2D eigenvalue weighted by atomic mass is 16.1. The van der Waals surface area contributed by atoms with Gasteiger partial charge in [-0.1, -0.05) is 0 Å². The molecule has 2 aromatic heterocycles. The highest BCUT2D eigenvalue weighted by molar-refractivity contribution is 5.79. The van der Waals surface area contributed by atoms with E-state index in [2.05, 4.69) is 9.97 Å². The van der Waals surface area contributed by atoms with Crippen molar-refractivity contribution in [1.82, 2.24) is 9.97 Å². The summed E-state index contributed by atoms with van der Waals surface area (Å²) in [7, 11) is 0. The van der Waals surface area contributed by atoms with Crippen molar-refractivity contribution in [3.8, 4) is 0 Å². The number of hydrogen-bond donors (Lipinski definition) is 2. The predicted octanol–water partition coefficient (Wildman–Crippen LogP) is 0.505. The molecule has 4 nitrogen and oxygen atoms in total. The van der Waals surface area contributed by atoms with E-state index in [1.807, 2.05) is 0 Å². The van der Waals surface area contributed by atoms with Crippen LogP contribution < -0.4 is 11.2 Å². The fraction of sp³-hybridized carbons (Fsp3) is 0. The van der Waals surface area contributed by atoms with Crippen molar-refractivity contribution >= 4 is 16.7 Å². The summed E-state index contributed by atoms with van der Waals surface area (Å²) in [6, 6.07) is 3.09. The molecular weight excluding hydrogens is 154 g/mol. The van der Waals surface area contributed by atoms with Gasteiger partial charge in [-0.05, 0) is 0 Å². The molecular formula is C8H7N3O. The molecule has 3 N–H and O–H groups in total. The minimum absolute atomic E-state index is 0.0451. The first-order chi connectivity index (χ1) is 5.77. The number of pyridine rings is 2. The second-order valence-electron chi connectivity index (χ2n) is 2.50. The zero-order valence-electron chi connectivity index (χ0n) is 6.24. The van der Waals surface area contributed by atoms with E-state index in [0.29, 0.717) is 11.2 Å². The second-order valence-corrected chi connectivity index (χ2v) is 2.50. The number of nitrogens with one attached hydrogen (secondary N) is 1. The van der Waals surface area contributed by atoms with Crippen LogP contribution in [0, 0.1) is 0 Å². The smallest absolute Gasteiger partial charge is 0.190 e. The van der Waals surface area contributed by atoms with Crippen molar-refractivity contribution in [2.45, 2.75) is 0 Å². The first kappa shape index (κ1) is 6.84. The molecule has 0 radical (unpaired) electrons. The van der Waals surface area contributed by atoms with Gasteiger partial charge in [0.15, 0.2) is 5.43 Å². The number of fused-ring (bicyclic) bond motifs is 1. The van der Waals surface area contributed by atoms with E-state index in [0.717, 1.165) is 5.52 Å². The van der Waals surface area contributed by atoms with Gasteiger partial charge in [0.05, 0.1) is 10.9 Å². The molecule has 2 aromatic rings. The van der Waals surface area contributed by atoms with Gasteiger partial charge < -0.3 is 10.7 Å². The molecule has 0 unspecified atom stereocenters. The number of hydrogen-bond acceptors (Lipinski definition) is 3. The number of nitrogens with zero attached hydrogens (tertiary/aromatic N) is 1. The van der Waals surface area contributed by atoms with Gasteiger partial charge in [-0.15, -0.1) is 0 Å². The number of aromatic nitrogens is 2. The topological polar surface area (TPSA) is 71.8 Å². The van der Waals surface area contributed by atoms with Crippen LogP contribution in [0.5, 0.6) is 0 Å². The average Bonchev–Trinajstić information content (AvgIpc) is 2.04. The van der Waals surface area contributed by atoms with Crippen molar-refractivity contribution in [1.29, 1.82) is 0 Å². The number of anilines is 1. The Bertz CT molecular complexity index is 475. The molecule has 0 aliphatic rings. The van der Waals surface area contributed by atoms with Crippen LogP contribution in [0.1, 0.15) is 0 Å². The van der Waals surface area contributed by atoms with Crippen molar-refractivity contribution in [2.24, 2.45) is 0 Å². The van der Waals surface area contributed by atoms with Gasteiger partial charge in [-0.25, -0.2) is 4.98 Å². The lowest BCUT2D eigenvalue weighted by Gasteiger charge is -1.96. The quantitative estimate of drug-likeness (QED) is 0.591. The summed E-state index contributed by atoms with van der Waals surface area (Å²) >= 11 is 0. The molecule has 0 saturated carbocycles. The van der Waals surface area contributed by atoms with E-state index in [4.69, 9.17) is 5.73 Å². The number of rotatable bonds is 0. The number of nitrogens with two attached hydrogens (primary N) is 1. The van der Waals surface area contributed by atoms with Crippen molar-refractivity contribution in [2.75, 3.05) is 5.73 Å². The van der Waals surface area contributed by atoms with E-state index in [1.54, 1.807) is 12.3 Å². The Labute approximate surface area is 68.1 Å². The number of nitrogen functional groups attached to an aromatic ring is 1. The van der Waals surface area contributed by atoms with E-state index in [1.165, 1.54) is 12.3 Å². The fourth-order valence-electron chi connectivity index (χ4n) is 1.08. The van der Waals surface area contributed by atoms with Crippen LogP contribution in [0.25, 0.3) is 10.9 Å². The van der Waals surface area contributed by atoms with E-state index in [-0.39, 0.29) is 5.43 Å². The normalized spacial score (nSPS) is 10.3. The largest absolute Gasteiger partial charge is 0.384 e. The van der Waals surface area contributed by atoms with E-state index in [9.17, 15) is 4.79 Å². The van der Waals surface area contributed by atoms with Crippen LogP contribution in [-0.4, -0.2) is 9.97 Å².